The minimum Gasteiger partial charge on any atom is -0.493 e. The molecule has 0 radical (unpaired) electrons. The number of ether oxygens (including phenoxy) is 2. The lowest BCUT2D eigenvalue weighted by Crippen LogP contribution is -2.01. The number of benzene rings is 2. The van der Waals surface area contributed by atoms with Crippen molar-refractivity contribution in [3.8, 4) is 11.5 Å². The summed E-state index contributed by atoms with van der Waals surface area (Å²) in [5, 5.41) is 3.88. The molecule has 0 saturated carbocycles. The number of rotatable bonds is 5. The molecule has 0 bridgehead atoms. The van der Waals surface area contributed by atoms with E-state index >= 15 is 0 Å². The Morgan fingerprint density at radius 1 is 1.10 bits per heavy atom. The Labute approximate surface area is 145 Å². The molecule has 0 atom stereocenters. The summed E-state index contributed by atoms with van der Waals surface area (Å²) in [6, 6.07) is 9.74. The van der Waals surface area contributed by atoms with Gasteiger partial charge in [-0.3, -0.25) is 0 Å². The normalized spacial score (nSPS) is 10.3. The van der Waals surface area contributed by atoms with Crippen LogP contribution in [0.1, 0.15) is 5.56 Å². The Hall–Kier alpha value is -0.910. The van der Waals surface area contributed by atoms with Crippen molar-refractivity contribution in [3.05, 3.63) is 49.9 Å². The lowest BCUT2D eigenvalue weighted by Gasteiger charge is -2.13. The van der Waals surface area contributed by atoms with Gasteiger partial charge in [0.2, 0.25) is 0 Å². The molecule has 3 nitrogen and oxygen atoms in total. The highest BCUT2D eigenvalue weighted by molar-refractivity contribution is 9.11. The maximum Gasteiger partial charge on any atom is 0.179 e. The van der Waals surface area contributed by atoms with Crippen LogP contribution in [-0.2, 0) is 6.54 Å². The van der Waals surface area contributed by atoms with Crippen molar-refractivity contribution in [1.82, 2.24) is 0 Å². The largest absolute Gasteiger partial charge is 0.493 e. The molecule has 0 aliphatic rings. The number of methoxy groups -OCH3 is 2. The summed E-state index contributed by atoms with van der Waals surface area (Å²) in [7, 11) is 3.16. The smallest absolute Gasteiger partial charge is 0.179 e. The maximum atomic E-state index is 6.20. The van der Waals surface area contributed by atoms with E-state index in [0.717, 1.165) is 20.2 Å². The van der Waals surface area contributed by atoms with E-state index in [0.29, 0.717) is 23.1 Å². The van der Waals surface area contributed by atoms with Crippen molar-refractivity contribution in [1.29, 1.82) is 0 Å². The van der Waals surface area contributed by atoms with Gasteiger partial charge in [-0.1, -0.05) is 27.5 Å². The molecular weight excluding hydrogens is 421 g/mol. The van der Waals surface area contributed by atoms with Crippen molar-refractivity contribution < 1.29 is 9.47 Å². The summed E-state index contributed by atoms with van der Waals surface area (Å²) in [6.07, 6.45) is 0. The fourth-order valence-corrected chi connectivity index (χ4v) is 3.40. The summed E-state index contributed by atoms with van der Waals surface area (Å²) in [5.74, 6) is 1.17. The van der Waals surface area contributed by atoms with Gasteiger partial charge in [0.25, 0.3) is 0 Å². The predicted molar refractivity (Wildman–Crippen MR) is 93.7 cm³/mol. The Morgan fingerprint density at radius 3 is 2.48 bits per heavy atom. The van der Waals surface area contributed by atoms with Gasteiger partial charge in [-0.2, -0.15) is 0 Å². The van der Waals surface area contributed by atoms with E-state index in [2.05, 4.69) is 37.2 Å². The lowest BCUT2D eigenvalue weighted by atomic mass is 10.2. The highest BCUT2D eigenvalue weighted by Crippen LogP contribution is 2.36. The second-order valence-corrected chi connectivity index (χ2v) is 6.47. The van der Waals surface area contributed by atoms with Crippen LogP contribution in [0, 0.1) is 0 Å². The molecule has 0 aliphatic carbocycles. The van der Waals surface area contributed by atoms with E-state index in [1.165, 1.54) is 0 Å². The molecule has 1 N–H and O–H groups in total. The van der Waals surface area contributed by atoms with Gasteiger partial charge in [-0.25, -0.2) is 0 Å². The van der Waals surface area contributed by atoms with E-state index in [1.807, 2.05) is 30.3 Å². The second kappa shape index (κ2) is 7.38. The van der Waals surface area contributed by atoms with Gasteiger partial charge >= 0.3 is 0 Å². The lowest BCUT2D eigenvalue weighted by molar-refractivity contribution is 0.355. The molecular formula is C15H14Br2ClNO2. The van der Waals surface area contributed by atoms with E-state index < -0.39 is 0 Å². The molecule has 0 unspecified atom stereocenters. The summed E-state index contributed by atoms with van der Waals surface area (Å²) in [5.41, 5.74) is 2.01. The average Bonchev–Trinajstić information content (AvgIpc) is 2.45. The molecule has 2 aromatic rings. The average molecular weight is 436 g/mol. The number of hydrogen-bond acceptors (Lipinski definition) is 3. The molecule has 0 fully saturated rings. The summed E-state index contributed by atoms with van der Waals surface area (Å²) in [6.45, 7) is 0.625. The van der Waals surface area contributed by atoms with E-state index in [1.54, 1.807) is 14.2 Å². The monoisotopic (exact) mass is 433 g/mol. The Morgan fingerprint density at radius 2 is 1.86 bits per heavy atom. The highest BCUT2D eigenvalue weighted by Gasteiger charge is 2.11. The van der Waals surface area contributed by atoms with Crippen LogP contribution in [0.25, 0.3) is 0 Å². The van der Waals surface area contributed by atoms with Crippen molar-refractivity contribution in [2.24, 2.45) is 0 Å². The second-order valence-electron chi connectivity index (χ2n) is 4.29. The highest BCUT2D eigenvalue weighted by atomic mass is 79.9. The quantitative estimate of drug-likeness (QED) is 0.673. The summed E-state index contributed by atoms with van der Waals surface area (Å²) < 4.78 is 12.5. The fourth-order valence-electron chi connectivity index (χ4n) is 1.90. The Balaban J connectivity index is 2.18. The molecule has 112 valence electrons. The zero-order chi connectivity index (χ0) is 15.4. The molecule has 2 rings (SSSR count). The van der Waals surface area contributed by atoms with Crippen LogP contribution in [0.2, 0.25) is 5.02 Å². The molecule has 0 saturated heterocycles. The maximum absolute atomic E-state index is 6.20. The molecule has 21 heavy (non-hydrogen) atoms. The third-order valence-corrected chi connectivity index (χ3v) is 4.34. The summed E-state index contributed by atoms with van der Waals surface area (Å²) in [4.78, 5) is 0. The standard InChI is InChI=1S/C15H14Br2ClNO2/c1-20-14-6-9(5-12(18)15(14)21-2)8-19-13-4-3-10(16)7-11(13)17/h3-7,19H,8H2,1-2H3. The van der Waals surface area contributed by atoms with Crippen LogP contribution in [0.4, 0.5) is 5.69 Å². The van der Waals surface area contributed by atoms with Crippen molar-refractivity contribution in [2.75, 3.05) is 19.5 Å². The minimum atomic E-state index is 0.531. The zero-order valence-corrected chi connectivity index (χ0v) is 15.5. The third kappa shape index (κ3) is 4.05. The molecule has 2 aromatic carbocycles. The zero-order valence-electron chi connectivity index (χ0n) is 11.5. The van der Waals surface area contributed by atoms with Gasteiger partial charge in [-0.05, 0) is 51.8 Å². The molecule has 0 spiro atoms. The van der Waals surface area contributed by atoms with Crippen LogP contribution >= 0.6 is 43.5 Å². The number of halogens is 3. The Kier molecular flexibility index (Phi) is 5.79. The third-order valence-electron chi connectivity index (χ3n) is 2.91. The first kappa shape index (κ1) is 16.5. The van der Waals surface area contributed by atoms with Gasteiger partial charge in [0.15, 0.2) is 11.5 Å². The van der Waals surface area contributed by atoms with Crippen LogP contribution in [-0.4, -0.2) is 14.2 Å². The molecule has 0 heterocycles. The molecule has 0 aliphatic heterocycles. The van der Waals surface area contributed by atoms with E-state index in [-0.39, 0.29) is 0 Å². The molecule has 0 amide bonds. The first-order chi connectivity index (χ1) is 10.0. The van der Waals surface area contributed by atoms with Gasteiger partial charge in [-0.15, -0.1) is 0 Å². The van der Waals surface area contributed by atoms with Crippen LogP contribution < -0.4 is 14.8 Å². The fraction of sp³-hybridized carbons (Fsp3) is 0.200. The number of hydrogen-bond donors (Lipinski definition) is 1. The number of nitrogens with one attached hydrogen (secondary N) is 1. The van der Waals surface area contributed by atoms with Crippen LogP contribution in [0.15, 0.2) is 39.3 Å². The van der Waals surface area contributed by atoms with Gasteiger partial charge in [0.05, 0.1) is 19.2 Å². The Bertz CT molecular complexity index is 650. The van der Waals surface area contributed by atoms with Crippen LogP contribution in [0.3, 0.4) is 0 Å². The van der Waals surface area contributed by atoms with Crippen molar-refractivity contribution >= 4 is 49.1 Å². The van der Waals surface area contributed by atoms with E-state index in [4.69, 9.17) is 21.1 Å². The number of anilines is 1. The van der Waals surface area contributed by atoms with Gasteiger partial charge in [0.1, 0.15) is 0 Å². The first-order valence-corrected chi connectivity index (χ1v) is 8.11. The van der Waals surface area contributed by atoms with Gasteiger partial charge in [0, 0.05) is 21.2 Å². The van der Waals surface area contributed by atoms with Crippen molar-refractivity contribution in [2.45, 2.75) is 6.54 Å². The summed E-state index contributed by atoms with van der Waals surface area (Å²) >= 11 is 13.2. The van der Waals surface area contributed by atoms with Crippen LogP contribution in [0.5, 0.6) is 11.5 Å². The SMILES string of the molecule is COc1cc(CNc2ccc(Br)cc2Br)cc(Cl)c1OC. The van der Waals surface area contributed by atoms with Gasteiger partial charge < -0.3 is 14.8 Å². The topological polar surface area (TPSA) is 30.5 Å². The minimum absolute atomic E-state index is 0.531. The molecule has 0 aromatic heterocycles. The van der Waals surface area contributed by atoms with E-state index in [9.17, 15) is 0 Å². The molecule has 6 heteroatoms. The predicted octanol–water partition coefficient (Wildman–Crippen LogP) is 5.49. The first-order valence-electron chi connectivity index (χ1n) is 6.14. The van der Waals surface area contributed by atoms with Crippen molar-refractivity contribution in [3.63, 3.8) is 0 Å².